The van der Waals surface area contributed by atoms with Crippen LogP contribution in [-0.2, 0) is 0 Å². The number of nitrogens with zero attached hydrogens (tertiary/aromatic N) is 1. The zero-order valence-corrected chi connectivity index (χ0v) is 37.2. The molecule has 0 aliphatic carbocycles. The molecule has 0 bridgehead atoms. The van der Waals surface area contributed by atoms with Crippen LogP contribution in [0.25, 0.3) is 38.6 Å². The largest absolute Gasteiger partial charge is 0.458 e. The average Bonchev–Trinajstić information content (AvgIpc) is 3.71. The molecule has 64 heavy (non-hydrogen) atoms. The van der Waals surface area contributed by atoms with Gasteiger partial charge in [0.15, 0.2) is 16.1 Å². The molecular formula is C60H43NOSi2. The zero-order valence-electron chi connectivity index (χ0n) is 35.2. The molecule has 4 heteroatoms. The van der Waals surface area contributed by atoms with E-state index in [4.69, 9.17) is 4.74 Å². The van der Waals surface area contributed by atoms with E-state index in [9.17, 15) is 0 Å². The highest BCUT2D eigenvalue weighted by Gasteiger charge is 2.50. The summed E-state index contributed by atoms with van der Waals surface area (Å²) in [5, 5.41) is 13.0. The Morgan fingerprint density at radius 3 is 1.34 bits per heavy atom. The quantitative estimate of drug-likeness (QED) is 0.110. The molecule has 1 aliphatic rings. The predicted molar refractivity (Wildman–Crippen MR) is 274 cm³/mol. The van der Waals surface area contributed by atoms with Crippen molar-refractivity contribution in [1.82, 2.24) is 4.57 Å². The van der Waals surface area contributed by atoms with Gasteiger partial charge in [0.25, 0.3) is 0 Å². The Balaban J connectivity index is 1.14. The molecule has 0 atom stereocenters. The topological polar surface area (TPSA) is 14.2 Å². The molecule has 0 N–H and O–H groups in total. The van der Waals surface area contributed by atoms with Gasteiger partial charge in [0.1, 0.15) is 11.5 Å². The third-order valence-corrected chi connectivity index (χ3v) is 23.0. The molecule has 1 aliphatic heterocycles. The number of aromatic nitrogens is 1. The van der Waals surface area contributed by atoms with Crippen molar-refractivity contribution in [2.45, 2.75) is 0 Å². The molecule has 2 nitrogen and oxygen atoms in total. The normalized spacial score (nSPS) is 12.9. The van der Waals surface area contributed by atoms with Gasteiger partial charge in [-0.25, -0.2) is 0 Å². The van der Waals surface area contributed by atoms with Crippen molar-refractivity contribution >= 4 is 79.4 Å². The van der Waals surface area contributed by atoms with Crippen molar-refractivity contribution < 1.29 is 4.74 Å². The maximum absolute atomic E-state index is 7.18. The molecule has 0 spiro atoms. The number of rotatable bonds is 8. The summed E-state index contributed by atoms with van der Waals surface area (Å²) in [5.41, 5.74) is 5.90. The first-order valence-electron chi connectivity index (χ1n) is 22.1. The Kier molecular flexibility index (Phi) is 9.22. The van der Waals surface area contributed by atoms with Gasteiger partial charge in [-0.15, -0.1) is 0 Å². The second-order valence-electron chi connectivity index (χ2n) is 16.8. The van der Waals surface area contributed by atoms with Crippen LogP contribution in [0.2, 0.25) is 0 Å². The molecule has 0 saturated heterocycles. The Morgan fingerprint density at radius 2 is 0.766 bits per heavy atom. The highest BCUT2D eigenvalue weighted by Crippen LogP contribution is 2.37. The van der Waals surface area contributed by atoms with Crippen molar-refractivity contribution in [2.75, 3.05) is 0 Å². The van der Waals surface area contributed by atoms with Crippen LogP contribution >= 0.6 is 0 Å². The number of hydrogen-bond acceptors (Lipinski definition) is 1. The fraction of sp³-hybridized carbons (Fsp3) is 0. The number of fused-ring (bicyclic) bond motifs is 5. The summed E-state index contributed by atoms with van der Waals surface area (Å²) in [4.78, 5) is 0. The van der Waals surface area contributed by atoms with E-state index in [0.29, 0.717) is 0 Å². The lowest BCUT2D eigenvalue weighted by Crippen LogP contribution is -2.78. The minimum absolute atomic E-state index is 0.919. The van der Waals surface area contributed by atoms with Crippen molar-refractivity contribution in [3.8, 4) is 28.3 Å². The summed E-state index contributed by atoms with van der Waals surface area (Å²) in [6.07, 6.45) is 0. The Morgan fingerprint density at radius 1 is 0.328 bits per heavy atom. The molecule has 12 rings (SSSR count). The fourth-order valence-corrected chi connectivity index (χ4v) is 20.7. The molecule has 11 aromatic rings. The summed E-state index contributed by atoms with van der Waals surface area (Å²) in [7, 11) is -5.98. The van der Waals surface area contributed by atoms with Gasteiger partial charge in [0.2, 0.25) is 0 Å². The molecule has 0 radical (unpaired) electrons. The first-order chi connectivity index (χ1) is 31.7. The molecular weight excluding hydrogens is 807 g/mol. The van der Waals surface area contributed by atoms with Gasteiger partial charge in [0.05, 0.1) is 11.0 Å². The minimum atomic E-state index is -3.10. The van der Waals surface area contributed by atoms with E-state index in [1.54, 1.807) is 0 Å². The van der Waals surface area contributed by atoms with E-state index in [1.807, 2.05) is 0 Å². The lowest BCUT2D eigenvalue weighted by molar-refractivity contribution is 0.487. The summed E-state index contributed by atoms with van der Waals surface area (Å²) in [6, 6.07) is 96.8. The Hall–Kier alpha value is -7.77. The highest BCUT2D eigenvalue weighted by atomic mass is 28.3. The van der Waals surface area contributed by atoms with Gasteiger partial charge in [-0.1, -0.05) is 218 Å². The maximum Gasteiger partial charge on any atom is 0.188 e. The van der Waals surface area contributed by atoms with E-state index in [-0.39, 0.29) is 0 Å². The summed E-state index contributed by atoms with van der Waals surface area (Å²) >= 11 is 0. The van der Waals surface area contributed by atoms with Gasteiger partial charge < -0.3 is 9.30 Å². The van der Waals surface area contributed by atoms with Crippen LogP contribution in [0, 0.1) is 0 Å². The van der Waals surface area contributed by atoms with Crippen molar-refractivity contribution in [3.05, 3.63) is 261 Å². The summed E-state index contributed by atoms with van der Waals surface area (Å²) < 4.78 is 9.56. The van der Waals surface area contributed by atoms with Crippen LogP contribution in [0.5, 0.6) is 11.5 Å². The summed E-state index contributed by atoms with van der Waals surface area (Å²) in [6.45, 7) is 0. The van der Waals surface area contributed by atoms with Gasteiger partial charge in [-0.05, 0) is 95.1 Å². The maximum atomic E-state index is 7.18. The van der Waals surface area contributed by atoms with E-state index in [2.05, 4.69) is 265 Å². The lowest BCUT2D eigenvalue weighted by atomic mass is 10.0. The predicted octanol–water partition coefficient (Wildman–Crippen LogP) is 9.31. The van der Waals surface area contributed by atoms with Gasteiger partial charge in [-0.2, -0.15) is 0 Å². The smallest absolute Gasteiger partial charge is 0.188 e. The van der Waals surface area contributed by atoms with Crippen molar-refractivity contribution in [1.29, 1.82) is 0 Å². The molecule has 1 aromatic heterocycles. The zero-order chi connectivity index (χ0) is 42.5. The van der Waals surface area contributed by atoms with Crippen LogP contribution in [0.4, 0.5) is 0 Å². The molecule has 302 valence electrons. The van der Waals surface area contributed by atoms with Gasteiger partial charge in [0, 0.05) is 16.5 Å². The minimum Gasteiger partial charge on any atom is -0.458 e. The van der Waals surface area contributed by atoms with E-state index < -0.39 is 16.1 Å². The van der Waals surface area contributed by atoms with Crippen LogP contribution in [0.3, 0.4) is 0 Å². The number of para-hydroxylation sites is 2. The SMILES string of the molecule is c1ccc(-n2c3ccccc3c3cc(-c4ccc5c(c4)[Si](c4ccccc4)(c4ccccc4)c4cc([Si](c6ccccc6)(c6ccccc6)c6ccccc6)ccc4O5)ccc32)cc1. The third kappa shape index (κ3) is 5.84. The number of hydrogen-bond donors (Lipinski definition) is 0. The second-order valence-corrected chi connectivity index (χ2v) is 24.3. The van der Waals surface area contributed by atoms with Crippen LogP contribution in [-0.4, -0.2) is 20.7 Å². The highest BCUT2D eigenvalue weighted by molar-refractivity contribution is 7.22. The Labute approximate surface area is 376 Å². The average molecular weight is 850 g/mol. The molecule has 0 fully saturated rings. The lowest BCUT2D eigenvalue weighted by Gasteiger charge is -2.41. The van der Waals surface area contributed by atoms with E-state index in [0.717, 1.165) is 17.2 Å². The summed E-state index contributed by atoms with van der Waals surface area (Å²) in [5.74, 6) is 1.85. The fourth-order valence-electron chi connectivity index (χ4n) is 10.7. The number of ether oxygens (including phenoxy) is 1. The second kappa shape index (κ2) is 15.5. The van der Waals surface area contributed by atoms with Crippen molar-refractivity contribution in [2.24, 2.45) is 0 Å². The first-order valence-corrected chi connectivity index (χ1v) is 26.1. The molecule has 0 unspecified atom stereocenters. The van der Waals surface area contributed by atoms with Gasteiger partial charge in [-0.3, -0.25) is 0 Å². The first kappa shape index (κ1) is 38.0. The Bertz CT molecular complexity index is 3310. The van der Waals surface area contributed by atoms with Gasteiger partial charge >= 0.3 is 0 Å². The van der Waals surface area contributed by atoms with Crippen LogP contribution < -0.4 is 46.2 Å². The standard InChI is InChI=1S/C60H43NOSi2/c1-7-21-46(22-8-1)61-55-34-20-19-33-53(55)54-41-44(35-38-56(54)61)45-36-39-57-59(42-45)64(50-29-15-5-16-30-50,51-31-17-6-18-32-51)60-43-52(37-40-58(60)62-57)63(47-23-9-2-10-24-47,48-25-11-3-12-26-48)49-27-13-4-14-28-49/h1-43H. The monoisotopic (exact) mass is 849 g/mol. The molecule has 10 aromatic carbocycles. The molecule has 0 saturated carbocycles. The third-order valence-electron chi connectivity index (χ3n) is 13.5. The molecule has 0 amide bonds. The van der Waals surface area contributed by atoms with E-state index >= 15 is 0 Å². The van der Waals surface area contributed by atoms with Crippen LogP contribution in [0.15, 0.2) is 261 Å². The van der Waals surface area contributed by atoms with Crippen molar-refractivity contribution in [3.63, 3.8) is 0 Å². The number of benzene rings is 10. The van der Waals surface area contributed by atoms with Crippen LogP contribution in [0.1, 0.15) is 0 Å². The molecule has 2 heterocycles. The van der Waals surface area contributed by atoms with E-state index in [1.165, 1.54) is 74.4 Å².